The number of nitrogens with zero attached hydrogens (tertiary/aromatic N) is 1. The predicted octanol–water partition coefficient (Wildman–Crippen LogP) is 2.24. The number of hydrogen-bond acceptors (Lipinski definition) is 4. The van der Waals surface area contributed by atoms with Gasteiger partial charge in [-0.15, -0.1) is 0 Å². The van der Waals surface area contributed by atoms with Gasteiger partial charge in [0.25, 0.3) is 0 Å². The van der Waals surface area contributed by atoms with E-state index < -0.39 is 5.60 Å². The van der Waals surface area contributed by atoms with Gasteiger partial charge in [-0.1, -0.05) is 25.0 Å². The standard InChI is InChI=1S/C19H28N2O3/c1-24-15-7-5-14(6-8-15)18-16-4-2-3-10-19(16,23)11-13-21(18)12-9-17(20)22/h5-8,16,18,23H,2-4,9-13H2,1H3,(H2,20,22)/t16-,18+,19+/m0/s1. The van der Waals surface area contributed by atoms with Crippen molar-refractivity contribution in [2.45, 2.75) is 50.2 Å². The van der Waals surface area contributed by atoms with Crippen LogP contribution in [0.4, 0.5) is 0 Å². The Balaban J connectivity index is 1.89. The Morgan fingerprint density at radius 2 is 2.08 bits per heavy atom. The summed E-state index contributed by atoms with van der Waals surface area (Å²) < 4.78 is 5.26. The molecule has 1 aromatic carbocycles. The number of carbonyl (C=O) groups is 1. The van der Waals surface area contributed by atoms with Crippen LogP contribution in [-0.2, 0) is 4.79 Å². The third kappa shape index (κ3) is 3.42. The van der Waals surface area contributed by atoms with Gasteiger partial charge in [0.05, 0.1) is 12.7 Å². The molecule has 0 bridgehead atoms. The first-order valence-corrected chi connectivity index (χ1v) is 8.92. The second kappa shape index (κ2) is 7.11. The number of piperidine rings is 1. The van der Waals surface area contributed by atoms with Crippen LogP contribution in [0.15, 0.2) is 24.3 Å². The number of fused-ring (bicyclic) bond motifs is 1. The minimum absolute atomic E-state index is 0.134. The molecule has 0 radical (unpaired) electrons. The highest BCUT2D eigenvalue weighted by Crippen LogP contribution is 2.49. The van der Waals surface area contributed by atoms with Crippen molar-refractivity contribution >= 4 is 5.91 Å². The molecule has 24 heavy (non-hydrogen) atoms. The molecule has 2 fully saturated rings. The van der Waals surface area contributed by atoms with Crippen molar-refractivity contribution in [3.63, 3.8) is 0 Å². The maximum Gasteiger partial charge on any atom is 0.218 e. The number of ether oxygens (including phenoxy) is 1. The number of primary amides is 1. The predicted molar refractivity (Wildman–Crippen MR) is 92.6 cm³/mol. The van der Waals surface area contributed by atoms with Gasteiger partial charge in [-0.05, 0) is 37.0 Å². The Labute approximate surface area is 143 Å². The van der Waals surface area contributed by atoms with Crippen molar-refractivity contribution in [1.29, 1.82) is 0 Å². The molecule has 3 N–H and O–H groups in total. The summed E-state index contributed by atoms with van der Waals surface area (Å²) in [6.07, 6.45) is 5.31. The second-order valence-electron chi connectivity index (χ2n) is 7.18. The molecule has 2 aliphatic rings. The lowest BCUT2D eigenvalue weighted by atomic mass is 9.66. The van der Waals surface area contributed by atoms with Crippen LogP contribution in [0, 0.1) is 5.92 Å². The van der Waals surface area contributed by atoms with Crippen LogP contribution in [-0.4, -0.2) is 41.7 Å². The van der Waals surface area contributed by atoms with E-state index in [1.807, 2.05) is 12.1 Å². The maximum absolute atomic E-state index is 11.2. The van der Waals surface area contributed by atoms with Crippen molar-refractivity contribution in [3.05, 3.63) is 29.8 Å². The summed E-state index contributed by atoms with van der Waals surface area (Å²) in [6.45, 7) is 1.45. The summed E-state index contributed by atoms with van der Waals surface area (Å²) >= 11 is 0. The molecule has 5 heteroatoms. The lowest BCUT2D eigenvalue weighted by Gasteiger charge is -2.52. The molecule has 1 aliphatic heterocycles. The number of hydrogen-bond donors (Lipinski definition) is 2. The summed E-state index contributed by atoms with van der Waals surface area (Å²) in [6, 6.07) is 8.24. The third-order valence-corrected chi connectivity index (χ3v) is 5.77. The fraction of sp³-hybridized carbons (Fsp3) is 0.632. The van der Waals surface area contributed by atoms with Crippen LogP contribution in [0.25, 0.3) is 0 Å². The number of likely N-dealkylation sites (tertiary alicyclic amines) is 1. The number of rotatable bonds is 5. The largest absolute Gasteiger partial charge is 0.497 e. The van der Waals surface area contributed by atoms with Gasteiger partial charge in [0.2, 0.25) is 5.91 Å². The Morgan fingerprint density at radius 3 is 2.75 bits per heavy atom. The summed E-state index contributed by atoms with van der Waals surface area (Å²) in [5.74, 6) is 0.770. The highest BCUT2D eigenvalue weighted by atomic mass is 16.5. The number of aliphatic hydroxyl groups is 1. The normalized spacial score (nSPS) is 30.6. The number of nitrogens with two attached hydrogens (primary N) is 1. The first-order valence-electron chi connectivity index (χ1n) is 8.92. The molecular formula is C19H28N2O3. The van der Waals surface area contributed by atoms with Crippen molar-refractivity contribution in [3.8, 4) is 5.75 Å². The Bertz CT molecular complexity index is 574. The maximum atomic E-state index is 11.2. The summed E-state index contributed by atoms with van der Waals surface area (Å²) in [4.78, 5) is 13.6. The topological polar surface area (TPSA) is 75.8 Å². The molecule has 0 spiro atoms. The van der Waals surface area contributed by atoms with E-state index in [9.17, 15) is 9.90 Å². The van der Waals surface area contributed by atoms with Gasteiger partial charge in [0, 0.05) is 31.5 Å². The zero-order chi connectivity index (χ0) is 17.2. The SMILES string of the molecule is COc1ccc([C@@H]2[C@@H]3CCCC[C@@]3(O)CCN2CCC(N)=O)cc1. The summed E-state index contributed by atoms with van der Waals surface area (Å²) in [7, 11) is 1.66. The van der Waals surface area contributed by atoms with Crippen LogP contribution >= 0.6 is 0 Å². The van der Waals surface area contributed by atoms with Crippen molar-refractivity contribution in [2.24, 2.45) is 11.7 Å². The zero-order valence-electron chi connectivity index (χ0n) is 14.4. The first-order chi connectivity index (χ1) is 11.5. The van der Waals surface area contributed by atoms with E-state index in [2.05, 4.69) is 17.0 Å². The van der Waals surface area contributed by atoms with Gasteiger partial charge in [-0.2, -0.15) is 0 Å². The first kappa shape index (κ1) is 17.2. The minimum atomic E-state index is -0.577. The van der Waals surface area contributed by atoms with Gasteiger partial charge in [-0.25, -0.2) is 0 Å². The van der Waals surface area contributed by atoms with E-state index >= 15 is 0 Å². The molecular weight excluding hydrogens is 304 g/mol. The molecule has 132 valence electrons. The monoisotopic (exact) mass is 332 g/mol. The quantitative estimate of drug-likeness (QED) is 0.867. The van der Waals surface area contributed by atoms with Gasteiger partial charge >= 0.3 is 0 Å². The minimum Gasteiger partial charge on any atom is -0.497 e. The molecule has 1 heterocycles. The average Bonchev–Trinajstić information content (AvgIpc) is 2.59. The molecule has 1 saturated carbocycles. The lowest BCUT2D eigenvalue weighted by Crippen LogP contribution is -2.55. The number of benzene rings is 1. The summed E-state index contributed by atoms with van der Waals surface area (Å²) in [5, 5.41) is 11.2. The van der Waals surface area contributed by atoms with E-state index in [1.54, 1.807) is 7.11 Å². The zero-order valence-corrected chi connectivity index (χ0v) is 14.4. The highest BCUT2D eigenvalue weighted by molar-refractivity contribution is 5.73. The molecule has 1 saturated heterocycles. The third-order valence-electron chi connectivity index (χ3n) is 5.77. The van der Waals surface area contributed by atoms with Crippen LogP contribution < -0.4 is 10.5 Å². The molecule has 1 amide bonds. The fourth-order valence-corrected chi connectivity index (χ4v) is 4.49. The van der Waals surface area contributed by atoms with E-state index in [0.717, 1.165) is 44.4 Å². The van der Waals surface area contributed by atoms with E-state index in [4.69, 9.17) is 10.5 Å². The second-order valence-corrected chi connectivity index (χ2v) is 7.18. The molecule has 5 nitrogen and oxygen atoms in total. The van der Waals surface area contributed by atoms with Crippen LogP contribution in [0.2, 0.25) is 0 Å². The average molecular weight is 332 g/mol. The Hall–Kier alpha value is -1.59. The van der Waals surface area contributed by atoms with Gasteiger partial charge in [0.15, 0.2) is 0 Å². The van der Waals surface area contributed by atoms with Crippen molar-refractivity contribution in [1.82, 2.24) is 4.90 Å². The van der Waals surface area contributed by atoms with Crippen LogP contribution in [0.3, 0.4) is 0 Å². The Morgan fingerprint density at radius 1 is 1.33 bits per heavy atom. The summed E-state index contributed by atoms with van der Waals surface area (Å²) in [5.41, 5.74) is 5.97. The molecule has 1 aromatic rings. The number of methoxy groups -OCH3 is 1. The molecule has 0 unspecified atom stereocenters. The van der Waals surface area contributed by atoms with Gasteiger partial charge in [-0.3, -0.25) is 9.69 Å². The van der Waals surface area contributed by atoms with E-state index in [0.29, 0.717) is 13.0 Å². The highest BCUT2D eigenvalue weighted by Gasteiger charge is 2.48. The number of carbonyl (C=O) groups excluding carboxylic acids is 1. The van der Waals surface area contributed by atoms with Gasteiger partial charge in [0.1, 0.15) is 5.75 Å². The Kier molecular flexibility index (Phi) is 5.11. The molecule has 3 atom stereocenters. The molecule has 3 rings (SSSR count). The number of amides is 1. The molecule has 1 aliphatic carbocycles. The van der Waals surface area contributed by atoms with Crippen LogP contribution in [0.1, 0.15) is 50.1 Å². The smallest absolute Gasteiger partial charge is 0.218 e. The molecule has 0 aromatic heterocycles. The van der Waals surface area contributed by atoms with E-state index in [-0.39, 0.29) is 17.9 Å². The van der Waals surface area contributed by atoms with Crippen molar-refractivity contribution in [2.75, 3.05) is 20.2 Å². The lowest BCUT2D eigenvalue weighted by molar-refractivity contribution is -0.128. The van der Waals surface area contributed by atoms with E-state index in [1.165, 1.54) is 5.56 Å². The fourth-order valence-electron chi connectivity index (χ4n) is 4.49. The van der Waals surface area contributed by atoms with Crippen LogP contribution in [0.5, 0.6) is 5.75 Å². The van der Waals surface area contributed by atoms with Gasteiger partial charge < -0.3 is 15.6 Å². The van der Waals surface area contributed by atoms with Crippen molar-refractivity contribution < 1.29 is 14.6 Å².